The first-order chi connectivity index (χ1) is 13.7. The molecule has 5 nitrogen and oxygen atoms in total. The summed E-state index contributed by atoms with van der Waals surface area (Å²) in [5.74, 6) is 0.0666. The number of benzene rings is 2. The number of fused-ring (bicyclic) bond motifs is 1. The fraction of sp³-hybridized carbons (Fsp3) is 0.190. The number of aryl methyl sites for hydroxylation is 1. The van der Waals surface area contributed by atoms with E-state index in [0.29, 0.717) is 5.56 Å². The van der Waals surface area contributed by atoms with Crippen molar-refractivity contribution in [2.75, 3.05) is 12.4 Å². The Hall–Kier alpha value is -2.64. The second-order valence-corrected chi connectivity index (χ2v) is 8.62. The number of carbonyl (C=O) groups excluding carboxylic acids is 1. The zero-order valence-corrected chi connectivity index (χ0v) is 17.2. The zero-order valence-electron chi connectivity index (χ0n) is 15.6. The molecule has 0 unspecified atom stereocenters. The lowest BCUT2D eigenvalue weighted by Crippen LogP contribution is -2.09. The molecule has 2 N–H and O–H groups in total. The first-order valence-corrected chi connectivity index (χ1v) is 10.8. The first kappa shape index (κ1) is 18.7. The Morgan fingerprint density at radius 2 is 2.00 bits per heavy atom. The molecule has 0 amide bonds. The quantitative estimate of drug-likeness (QED) is 0.319. The Kier molecular flexibility index (Phi) is 5.45. The lowest BCUT2D eigenvalue weighted by Gasteiger charge is -2.14. The van der Waals surface area contributed by atoms with Crippen molar-refractivity contribution in [2.24, 2.45) is 0 Å². The highest BCUT2D eigenvalue weighted by atomic mass is 32.2. The third kappa shape index (κ3) is 3.55. The Labute approximate surface area is 171 Å². The number of ketones is 1. The molecule has 0 aliphatic heterocycles. The summed E-state index contributed by atoms with van der Waals surface area (Å²) in [7, 11) is 1.81. The van der Waals surface area contributed by atoms with Crippen LogP contribution in [0.25, 0.3) is 10.9 Å². The molecular formula is C21H20N4OS2. The summed E-state index contributed by atoms with van der Waals surface area (Å²) in [6, 6.07) is 16.0. The second-order valence-electron chi connectivity index (χ2n) is 6.29. The highest BCUT2D eigenvalue weighted by Crippen LogP contribution is 2.41. The molecule has 4 rings (SSSR count). The van der Waals surface area contributed by atoms with Crippen LogP contribution >= 0.6 is 23.1 Å². The smallest absolute Gasteiger partial charge is 0.206 e. The molecule has 28 heavy (non-hydrogen) atoms. The van der Waals surface area contributed by atoms with Crippen LogP contribution in [0.3, 0.4) is 0 Å². The maximum Gasteiger partial charge on any atom is 0.206 e. The number of thioether (sulfide) groups is 1. The minimum atomic E-state index is -0.386. The molecule has 2 aromatic heterocycles. The van der Waals surface area contributed by atoms with Gasteiger partial charge in [0.25, 0.3) is 0 Å². The molecule has 1 atom stereocenters. The van der Waals surface area contributed by atoms with Gasteiger partial charge in [0.15, 0.2) is 10.1 Å². The van der Waals surface area contributed by atoms with Gasteiger partial charge in [-0.05, 0) is 17.5 Å². The minimum Gasteiger partial charge on any atom is -0.363 e. The summed E-state index contributed by atoms with van der Waals surface area (Å²) in [5.41, 5.74) is 3.92. The Balaban J connectivity index is 1.75. The molecule has 0 aliphatic rings. The maximum atomic E-state index is 13.6. The minimum absolute atomic E-state index is 0.0666. The number of rotatable bonds is 7. The molecule has 142 valence electrons. The summed E-state index contributed by atoms with van der Waals surface area (Å²) in [6.07, 6.45) is 2.75. The normalized spacial score (nSPS) is 12.2. The number of aromatic nitrogens is 3. The van der Waals surface area contributed by atoms with Crippen molar-refractivity contribution in [1.29, 1.82) is 0 Å². The van der Waals surface area contributed by atoms with Crippen LogP contribution in [0.2, 0.25) is 0 Å². The first-order valence-electron chi connectivity index (χ1n) is 9.07. The summed E-state index contributed by atoms with van der Waals surface area (Å²) >= 11 is 2.89. The number of hydrogen-bond acceptors (Lipinski definition) is 6. The molecule has 0 radical (unpaired) electrons. The second kappa shape index (κ2) is 8.16. The van der Waals surface area contributed by atoms with E-state index < -0.39 is 0 Å². The lowest BCUT2D eigenvalue weighted by atomic mass is 10.0. The van der Waals surface area contributed by atoms with Crippen molar-refractivity contribution in [3.05, 3.63) is 71.4 Å². The van der Waals surface area contributed by atoms with Crippen molar-refractivity contribution in [3.8, 4) is 0 Å². The molecule has 0 fully saturated rings. The van der Waals surface area contributed by atoms with Crippen LogP contribution in [-0.2, 0) is 6.42 Å². The van der Waals surface area contributed by atoms with Gasteiger partial charge in [-0.3, -0.25) is 4.79 Å². The van der Waals surface area contributed by atoms with E-state index in [9.17, 15) is 4.79 Å². The predicted octanol–water partition coefficient (Wildman–Crippen LogP) is 5.34. The Morgan fingerprint density at radius 1 is 1.18 bits per heavy atom. The van der Waals surface area contributed by atoms with Gasteiger partial charge in [0.05, 0.1) is 0 Å². The summed E-state index contributed by atoms with van der Waals surface area (Å²) < 4.78 is 0.764. The average molecular weight is 409 g/mol. The molecule has 0 saturated carbocycles. The number of nitrogens with one attached hydrogen (secondary N) is 2. The molecule has 4 aromatic rings. The lowest BCUT2D eigenvalue weighted by molar-refractivity contribution is 0.0991. The highest BCUT2D eigenvalue weighted by Gasteiger charge is 2.27. The van der Waals surface area contributed by atoms with Gasteiger partial charge in [0.2, 0.25) is 5.13 Å². The molecule has 2 aromatic carbocycles. The van der Waals surface area contributed by atoms with Crippen LogP contribution in [0, 0.1) is 0 Å². The maximum absolute atomic E-state index is 13.6. The van der Waals surface area contributed by atoms with Crippen LogP contribution < -0.4 is 5.32 Å². The van der Waals surface area contributed by atoms with Gasteiger partial charge in [-0.2, -0.15) is 0 Å². The number of Topliss-reactive ketones (excluding diaryl/α,β-unsaturated/α-hetero) is 1. The largest absolute Gasteiger partial charge is 0.363 e. The number of hydrogen-bond donors (Lipinski definition) is 2. The van der Waals surface area contributed by atoms with Crippen molar-refractivity contribution < 1.29 is 4.79 Å². The summed E-state index contributed by atoms with van der Waals surface area (Å²) in [6.45, 7) is 2.12. The standard InChI is InChI=1S/C21H20N4OS2/c1-3-13-10-7-11-15-16(12-23-17(13)15)18(26)19(14-8-5-4-6-9-14)27-21-25-24-20(22-2)28-21/h4-12,19,23H,3H2,1-2H3,(H,22,24)/t19-/m0/s1. The number of anilines is 1. The van der Waals surface area contributed by atoms with E-state index in [-0.39, 0.29) is 11.0 Å². The van der Waals surface area contributed by atoms with Gasteiger partial charge in [-0.15, -0.1) is 10.2 Å². The molecule has 2 heterocycles. The van der Waals surface area contributed by atoms with E-state index in [0.717, 1.165) is 32.4 Å². The number of para-hydroxylation sites is 1. The number of nitrogens with zero attached hydrogens (tertiary/aromatic N) is 2. The van der Waals surface area contributed by atoms with Gasteiger partial charge < -0.3 is 10.3 Å². The average Bonchev–Trinajstić information content (AvgIpc) is 3.38. The summed E-state index contributed by atoms with van der Waals surface area (Å²) in [4.78, 5) is 16.9. The Morgan fingerprint density at radius 3 is 2.71 bits per heavy atom. The fourth-order valence-electron chi connectivity index (χ4n) is 3.22. The van der Waals surface area contributed by atoms with E-state index in [4.69, 9.17) is 0 Å². The van der Waals surface area contributed by atoms with Gasteiger partial charge in [-0.1, -0.05) is 78.6 Å². The van der Waals surface area contributed by atoms with Crippen LogP contribution in [0.5, 0.6) is 0 Å². The molecule has 0 spiro atoms. The van der Waals surface area contributed by atoms with E-state index in [1.54, 1.807) is 0 Å². The molecule has 7 heteroatoms. The Bertz CT molecular complexity index is 1100. The van der Waals surface area contributed by atoms with E-state index in [1.807, 2.05) is 55.7 Å². The summed E-state index contributed by atoms with van der Waals surface area (Å²) in [5, 5.41) is 12.6. The van der Waals surface area contributed by atoms with Crippen LogP contribution in [0.4, 0.5) is 5.13 Å². The third-order valence-electron chi connectivity index (χ3n) is 4.63. The topological polar surface area (TPSA) is 70.7 Å². The number of aromatic amines is 1. The van der Waals surface area contributed by atoms with Crippen molar-refractivity contribution in [1.82, 2.24) is 15.2 Å². The fourth-order valence-corrected chi connectivity index (χ4v) is 5.18. The van der Waals surface area contributed by atoms with Gasteiger partial charge in [0.1, 0.15) is 5.25 Å². The molecular weight excluding hydrogens is 388 g/mol. The molecule has 0 bridgehead atoms. The van der Waals surface area contributed by atoms with Gasteiger partial charge in [0, 0.05) is 29.7 Å². The monoisotopic (exact) mass is 408 g/mol. The number of carbonyl (C=O) groups is 1. The van der Waals surface area contributed by atoms with Gasteiger partial charge in [-0.25, -0.2) is 0 Å². The van der Waals surface area contributed by atoms with Crippen molar-refractivity contribution in [3.63, 3.8) is 0 Å². The van der Waals surface area contributed by atoms with E-state index in [1.165, 1.54) is 28.7 Å². The van der Waals surface area contributed by atoms with Crippen LogP contribution in [0.1, 0.15) is 33.7 Å². The van der Waals surface area contributed by atoms with E-state index >= 15 is 0 Å². The van der Waals surface area contributed by atoms with Crippen LogP contribution in [0.15, 0.2) is 59.1 Å². The van der Waals surface area contributed by atoms with Crippen molar-refractivity contribution >= 4 is 44.9 Å². The molecule has 0 saturated heterocycles. The van der Waals surface area contributed by atoms with Crippen molar-refractivity contribution in [2.45, 2.75) is 22.9 Å². The van der Waals surface area contributed by atoms with E-state index in [2.05, 4.69) is 33.5 Å². The molecule has 0 aliphatic carbocycles. The highest BCUT2D eigenvalue weighted by molar-refractivity contribution is 8.02. The van der Waals surface area contributed by atoms with Crippen LogP contribution in [-0.4, -0.2) is 28.0 Å². The zero-order chi connectivity index (χ0) is 19.5. The SMILES string of the molecule is CCc1cccc2c(C(=O)[C@@H](Sc3nnc(NC)s3)c3ccccc3)c[nH]c12. The van der Waals surface area contributed by atoms with Gasteiger partial charge >= 0.3 is 0 Å². The predicted molar refractivity (Wildman–Crippen MR) is 117 cm³/mol. The third-order valence-corrected chi connectivity index (χ3v) is 6.91. The number of H-pyrrole nitrogens is 1.